The summed E-state index contributed by atoms with van der Waals surface area (Å²) in [5.74, 6) is 0. The first kappa shape index (κ1) is 14.7. The fraction of sp³-hybridized carbons (Fsp3) is 1.00. The van der Waals surface area contributed by atoms with Crippen molar-refractivity contribution in [2.45, 2.75) is 19.4 Å². The second kappa shape index (κ2) is 9.26. The van der Waals surface area contributed by atoms with Crippen LogP contribution >= 0.6 is 12.4 Å². The van der Waals surface area contributed by atoms with E-state index in [1.165, 1.54) is 0 Å². The first-order valence-corrected chi connectivity index (χ1v) is 4.20. The summed E-state index contributed by atoms with van der Waals surface area (Å²) < 4.78 is 0. The Hall–Kier alpha value is 0.170. The number of hydrogen-bond acceptors (Lipinski definition) is 3. The summed E-state index contributed by atoms with van der Waals surface area (Å²) in [4.78, 5) is 2.00. The highest BCUT2D eigenvalue weighted by molar-refractivity contribution is 5.85. The lowest BCUT2D eigenvalue weighted by Crippen LogP contribution is -2.29. The zero-order valence-corrected chi connectivity index (χ0v) is 9.02. The molecule has 4 heteroatoms. The molecule has 0 aliphatic rings. The molecule has 0 rings (SSSR count). The van der Waals surface area contributed by atoms with Crippen molar-refractivity contribution in [3.63, 3.8) is 0 Å². The number of nitrogens with one attached hydrogen (secondary N) is 1. The van der Waals surface area contributed by atoms with Gasteiger partial charge in [-0.25, -0.2) is 0 Å². The number of hydrogen-bond donors (Lipinski definition) is 2. The molecule has 0 heterocycles. The van der Waals surface area contributed by atoms with Crippen LogP contribution in [-0.4, -0.2) is 49.8 Å². The molecule has 0 saturated heterocycles. The molecule has 3 nitrogen and oxygen atoms in total. The summed E-state index contributed by atoms with van der Waals surface area (Å²) >= 11 is 0. The molecule has 0 fully saturated rings. The zero-order valence-electron chi connectivity index (χ0n) is 8.21. The molecule has 0 amide bonds. The summed E-state index contributed by atoms with van der Waals surface area (Å²) in [5, 5.41) is 12.5. The summed E-state index contributed by atoms with van der Waals surface area (Å²) in [6, 6.07) is 0. The van der Waals surface area contributed by atoms with Crippen LogP contribution in [-0.2, 0) is 0 Å². The third-order valence-electron chi connectivity index (χ3n) is 1.48. The van der Waals surface area contributed by atoms with Crippen LogP contribution in [0.4, 0.5) is 0 Å². The Morgan fingerprint density at radius 1 is 1.42 bits per heavy atom. The van der Waals surface area contributed by atoms with Crippen LogP contribution < -0.4 is 5.32 Å². The van der Waals surface area contributed by atoms with Gasteiger partial charge in [0.2, 0.25) is 0 Å². The van der Waals surface area contributed by atoms with Crippen molar-refractivity contribution in [1.29, 1.82) is 0 Å². The van der Waals surface area contributed by atoms with Crippen LogP contribution in [0.3, 0.4) is 0 Å². The number of likely N-dealkylation sites (N-methyl/N-ethyl adjacent to an activating group) is 1. The van der Waals surface area contributed by atoms with Crippen LogP contribution in [0.5, 0.6) is 0 Å². The number of aliphatic hydroxyl groups is 1. The highest BCUT2D eigenvalue weighted by atomic mass is 35.5. The van der Waals surface area contributed by atoms with Gasteiger partial charge in [-0.2, -0.15) is 0 Å². The first-order valence-electron chi connectivity index (χ1n) is 4.20. The molecule has 0 radical (unpaired) electrons. The molecule has 0 bridgehead atoms. The average Bonchev–Trinajstić information content (AvgIpc) is 1.86. The Balaban J connectivity index is 0. The summed E-state index contributed by atoms with van der Waals surface area (Å²) in [5.41, 5.74) is 0. The zero-order chi connectivity index (χ0) is 8.69. The van der Waals surface area contributed by atoms with Gasteiger partial charge in [0.25, 0.3) is 0 Å². The molecule has 0 aliphatic carbocycles. The summed E-state index contributed by atoms with van der Waals surface area (Å²) in [6.07, 6.45) is 0.649. The van der Waals surface area contributed by atoms with Crippen LogP contribution in [0, 0.1) is 0 Å². The van der Waals surface area contributed by atoms with E-state index in [2.05, 4.69) is 12.2 Å². The van der Waals surface area contributed by atoms with Crippen molar-refractivity contribution in [2.24, 2.45) is 0 Å². The molecule has 2 N–H and O–H groups in total. The smallest absolute Gasteiger partial charge is 0.0679 e. The molecular weight excluding hydrogens is 176 g/mol. The first-order chi connectivity index (χ1) is 5.16. The Labute approximate surface area is 81.6 Å². The molecule has 0 aromatic carbocycles. The van der Waals surface area contributed by atoms with Crippen molar-refractivity contribution >= 4 is 12.4 Å². The molecular formula is C8H21ClN2O. The maximum absolute atomic E-state index is 9.36. The number of rotatable bonds is 6. The SMILES string of the molecule is CCNCCC(O)CN(C)C.Cl. The van der Waals surface area contributed by atoms with Crippen molar-refractivity contribution in [3.8, 4) is 0 Å². The van der Waals surface area contributed by atoms with Gasteiger partial charge in [0.1, 0.15) is 0 Å². The van der Waals surface area contributed by atoms with E-state index in [1.54, 1.807) is 0 Å². The van der Waals surface area contributed by atoms with Crippen LogP contribution in [0.25, 0.3) is 0 Å². The fourth-order valence-electron chi connectivity index (χ4n) is 0.958. The van der Waals surface area contributed by atoms with E-state index < -0.39 is 0 Å². The Bertz CT molecular complexity index is 91.1. The largest absolute Gasteiger partial charge is 0.392 e. The molecule has 0 aliphatic heterocycles. The highest BCUT2D eigenvalue weighted by Crippen LogP contribution is 1.90. The van der Waals surface area contributed by atoms with Crippen LogP contribution in [0.2, 0.25) is 0 Å². The summed E-state index contributed by atoms with van der Waals surface area (Å²) in [6.45, 7) is 4.71. The summed E-state index contributed by atoms with van der Waals surface area (Å²) in [7, 11) is 3.94. The van der Waals surface area contributed by atoms with Gasteiger partial charge in [-0.1, -0.05) is 6.92 Å². The highest BCUT2D eigenvalue weighted by Gasteiger charge is 2.03. The molecule has 76 valence electrons. The fourth-order valence-corrected chi connectivity index (χ4v) is 0.958. The maximum Gasteiger partial charge on any atom is 0.0679 e. The van der Waals surface area contributed by atoms with Gasteiger partial charge in [0.15, 0.2) is 0 Å². The van der Waals surface area contributed by atoms with E-state index in [0.29, 0.717) is 0 Å². The van der Waals surface area contributed by atoms with Crippen molar-refractivity contribution < 1.29 is 5.11 Å². The van der Waals surface area contributed by atoms with E-state index in [0.717, 1.165) is 26.1 Å². The lowest BCUT2D eigenvalue weighted by Gasteiger charge is -2.15. The maximum atomic E-state index is 9.36. The second-order valence-corrected chi connectivity index (χ2v) is 3.06. The Morgan fingerprint density at radius 2 is 2.00 bits per heavy atom. The van der Waals surface area contributed by atoms with Crippen molar-refractivity contribution in [2.75, 3.05) is 33.7 Å². The number of aliphatic hydroxyl groups excluding tert-OH is 1. The lowest BCUT2D eigenvalue weighted by molar-refractivity contribution is 0.128. The van der Waals surface area contributed by atoms with Gasteiger partial charge in [0, 0.05) is 6.54 Å². The molecule has 0 saturated carbocycles. The van der Waals surface area contributed by atoms with Crippen molar-refractivity contribution in [1.82, 2.24) is 10.2 Å². The molecule has 0 aromatic heterocycles. The standard InChI is InChI=1S/C8H20N2O.ClH/c1-4-9-6-5-8(11)7-10(2)3;/h8-9,11H,4-7H2,1-3H3;1H. The minimum absolute atomic E-state index is 0. The number of halogens is 1. The average molecular weight is 197 g/mol. The topological polar surface area (TPSA) is 35.5 Å². The van der Waals surface area contributed by atoms with E-state index in [9.17, 15) is 5.11 Å². The molecule has 0 spiro atoms. The predicted molar refractivity (Wildman–Crippen MR) is 55.0 cm³/mol. The minimum Gasteiger partial charge on any atom is -0.392 e. The number of nitrogens with zero attached hydrogens (tertiary/aromatic N) is 1. The van der Waals surface area contributed by atoms with Gasteiger partial charge >= 0.3 is 0 Å². The van der Waals surface area contributed by atoms with Crippen molar-refractivity contribution in [3.05, 3.63) is 0 Å². The van der Waals surface area contributed by atoms with Gasteiger partial charge in [-0.3, -0.25) is 0 Å². The Morgan fingerprint density at radius 3 is 2.42 bits per heavy atom. The van der Waals surface area contributed by atoms with E-state index >= 15 is 0 Å². The monoisotopic (exact) mass is 196 g/mol. The third-order valence-corrected chi connectivity index (χ3v) is 1.48. The van der Waals surface area contributed by atoms with Gasteiger partial charge in [-0.15, -0.1) is 12.4 Å². The van der Waals surface area contributed by atoms with E-state index in [4.69, 9.17) is 0 Å². The molecule has 0 aromatic rings. The molecule has 1 unspecified atom stereocenters. The normalized spacial score (nSPS) is 12.8. The van der Waals surface area contributed by atoms with Gasteiger partial charge < -0.3 is 15.3 Å². The van der Waals surface area contributed by atoms with Crippen LogP contribution in [0.1, 0.15) is 13.3 Å². The quantitative estimate of drug-likeness (QED) is 0.602. The Kier molecular flexibility index (Phi) is 11.3. The second-order valence-electron chi connectivity index (χ2n) is 3.06. The minimum atomic E-state index is -0.191. The molecule has 1 atom stereocenters. The van der Waals surface area contributed by atoms with Gasteiger partial charge in [-0.05, 0) is 33.6 Å². The molecule has 12 heavy (non-hydrogen) atoms. The van der Waals surface area contributed by atoms with Gasteiger partial charge in [0.05, 0.1) is 6.10 Å². The van der Waals surface area contributed by atoms with Crippen LogP contribution in [0.15, 0.2) is 0 Å². The third kappa shape index (κ3) is 10.2. The van der Waals surface area contributed by atoms with E-state index in [-0.39, 0.29) is 18.5 Å². The predicted octanol–water partition coefficient (Wildman–Crippen LogP) is 0.330. The lowest BCUT2D eigenvalue weighted by atomic mass is 10.2. The van der Waals surface area contributed by atoms with E-state index in [1.807, 2.05) is 19.0 Å².